The van der Waals surface area contributed by atoms with Crippen molar-refractivity contribution >= 4 is 28.7 Å². The number of nitrogens with two attached hydrogens (primary N) is 1. The summed E-state index contributed by atoms with van der Waals surface area (Å²) in [7, 11) is 3.93. The first kappa shape index (κ1) is 27.6. The molecule has 1 aliphatic rings. The topological polar surface area (TPSA) is 99.7 Å². The molecule has 38 heavy (non-hydrogen) atoms. The zero-order valence-electron chi connectivity index (χ0n) is 23.8. The van der Waals surface area contributed by atoms with Crippen molar-refractivity contribution in [2.75, 3.05) is 19.0 Å². The Morgan fingerprint density at radius 3 is 2.16 bits per heavy atom. The van der Waals surface area contributed by atoms with Crippen molar-refractivity contribution in [1.82, 2.24) is 9.78 Å². The summed E-state index contributed by atoms with van der Waals surface area (Å²) in [5.41, 5.74) is 8.94. The molecule has 1 fully saturated rings. The van der Waals surface area contributed by atoms with E-state index >= 15 is 0 Å². The maximum absolute atomic E-state index is 13.4. The van der Waals surface area contributed by atoms with Crippen LogP contribution in [0.4, 0.5) is 10.5 Å². The fourth-order valence-electron chi connectivity index (χ4n) is 5.33. The second-order valence-electron chi connectivity index (χ2n) is 12.4. The minimum Gasteiger partial charge on any atom is -0.459 e. The molecule has 2 atom stereocenters. The Morgan fingerprint density at radius 2 is 1.63 bits per heavy atom. The lowest BCUT2D eigenvalue weighted by atomic mass is 9.75. The fraction of sp³-hybridized carbons (Fsp3) is 0.500. The Morgan fingerprint density at radius 1 is 1.00 bits per heavy atom. The van der Waals surface area contributed by atoms with E-state index in [1.54, 1.807) is 6.20 Å². The lowest BCUT2D eigenvalue weighted by Crippen LogP contribution is -2.50. The summed E-state index contributed by atoms with van der Waals surface area (Å²) in [5.74, 6) is -0.257. The number of rotatable bonds is 4. The summed E-state index contributed by atoms with van der Waals surface area (Å²) in [4.78, 5) is 28.2. The normalized spacial score (nSPS) is 20.0. The van der Waals surface area contributed by atoms with Crippen LogP contribution in [0, 0.1) is 0 Å². The third kappa shape index (κ3) is 5.14. The molecule has 1 aromatic heterocycles. The number of nitrogens with zero attached hydrogens (tertiary/aromatic N) is 3. The number of benzene rings is 2. The van der Waals surface area contributed by atoms with E-state index in [4.69, 9.17) is 15.2 Å². The molecule has 1 heterocycles. The maximum atomic E-state index is 13.4. The molecule has 0 bridgehead atoms. The number of anilines is 1. The van der Waals surface area contributed by atoms with Crippen molar-refractivity contribution in [3.8, 4) is 11.1 Å². The maximum Gasteiger partial charge on any atom is 0.435 e. The number of hydrogen-bond donors (Lipinski definition) is 1. The van der Waals surface area contributed by atoms with Gasteiger partial charge in [0.25, 0.3) is 0 Å². The van der Waals surface area contributed by atoms with Crippen LogP contribution < -0.4 is 10.6 Å². The Hall–Kier alpha value is -3.39. The molecule has 0 amide bonds. The Balaban J connectivity index is 1.75. The van der Waals surface area contributed by atoms with Gasteiger partial charge in [0.2, 0.25) is 0 Å². The van der Waals surface area contributed by atoms with Gasteiger partial charge in [-0.05, 0) is 71.6 Å². The average Bonchev–Trinajstić information content (AvgIpc) is 3.40. The summed E-state index contributed by atoms with van der Waals surface area (Å²) in [6.45, 7) is 11.1. The largest absolute Gasteiger partial charge is 0.459 e. The van der Waals surface area contributed by atoms with E-state index in [2.05, 4.69) is 5.10 Å². The Kier molecular flexibility index (Phi) is 7.08. The van der Waals surface area contributed by atoms with E-state index in [-0.39, 0.29) is 12.0 Å². The zero-order valence-corrected chi connectivity index (χ0v) is 23.8. The van der Waals surface area contributed by atoms with E-state index in [0.29, 0.717) is 11.9 Å². The standard InChI is InChI=1S/C30H40N4O4/c1-28(2,3)37-26(35)30(17-9-10-24(30)31)20-13-11-19(12-14-20)21-15-16-23-22(25(21)33(7)8)18-32-34(23)27(36)38-29(4,5)6/h11-16,18,24H,9-10,17,31H2,1-8H3. The molecule has 3 aromatic rings. The van der Waals surface area contributed by atoms with E-state index in [1.165, 1.54) is 4.68 Å². The van der Waals surface area contributed by atoms with Crippen molar-refractivity contribution in [3.63, 3.8) is 0 Å². The molecular weight excluding hydrogens is 480 g/mol. The molecule has 2 N–H and O–H groups in total. The van der Waals surface area contributed by atoms with Crippen LogP contribution in [0.3, 0.4) is 0 Å². The summed E-state index contributed by atoms with van der Waals surface area (Å²) in [6, 6.07) is 11.6. The van der Waals surface area contributed by atoms with E-state index in [9.17, 15) is 9.59 Å². The van der Waals surface area contributed by atoms with E-state index < -0.39 is 22.7 Å². The van der Waals surface area contributed by atoms with Crippen LogP contribution in [-0.4, -0.2) is 53.2 Å². The molecule has 204 valence electrons. The highest BCUT2D eigenvalue weighted by Crippen LogP contribution is 2.44. The SMILES string of the molecule is CN(C)c1c(-c2ccc(C3(C(=O)OC(C)(C)C)CCCC3N)cc2)ccc2c1cnn2C(=O)OC(C)(C)C. The Labute approximate surface area is 225 Å². The van der Waals surface area contributed by atoms with Gasteiger partial charge in [0.15, 0.2) is 0 Å². The van der Waals surface area contributed by atoms with Crippen LogP contribution in [-0.2, 0) is 19.7 Å². The number of carbonyl (C=O) groups excluding carboxylic acids is 2. The van der Waals surface area contributed by atoms with Gasteiger partial charge in [0.05, 0.1) is 17.4 Å². The molecule has 0 spiro atoms. The quantitative estimate of drug-likeness (QED) is 0.444. The molecule has 0 radical (unpaired) electrons. The second kappa shape index (κ2) is 9.73. The van der Waals surface area contributed by atoms with Gasteiger partial charge in [-0.25, -0.2) is 4.79 Å². The third-order valence-corrected chi connectivity index (χ3v) is 6.93. The summed E-state index contributed by atoms with van der Waals surface area (Å²) >= 11 is 0. The Bertz CT molecular complexity index is 1350. The lowest BCUT2D eigenvalue weighted by Gasteiger charge is -2.35. The fourth-order valence-corrected chi connectivity index (χ4v) is 5.33. The van der Waals surface area contributed by atoms with Crippen LogP contribution in [0.1, 0.15) is 66.4 Å². The molecule has 8 heteroatoms. The van der Waals surface area contributed by atoms with Crippen LogP contribution in [0.5, 0.6) is 0 Å². The first-order chi connectivity index (χ1) is 17.6. The van der Waals surface area contributed by atoms with Gasteiger partial charge in [-0.2, -0.15) is 9.78 Å². The van der Waals surface area contributed by atoms with Crippen LogP contribution in [0.2, 0.25) is 0 Å². The summed E-state index contributed by atoms with van der Waals surface area (Å²) in [5, 5.41) is 5.18. The summed E-state index contributed by atoms with van der Waals surface area (Å²) < 4.78 is 12.7. The van der Waals surface area contributed by atoms with Crippen molar-refractivity contribution in [3.05, 3.63) is 48.2 Å². The molecule has 1 saturated carbocycles. The molecule has 2 unspecified atom stereocenters. The number of carbonyl (C=O) groups is 2. The zero-order chi connectivity index (χ0) is 28.0. The monoisotopic (exact) mass is 520 g/mol. The molecule has 1 aliphatic carbocycles. The second-order valence-corrected chi connectivity index (χ2v) is 12.4. The van der Waals surface area contributed by atoms with Crippen LogP contribution in [0.15, 0.2) is 42.6 Å². The highest BCUT2D eigenvalue weighted by Gasteiger charge is 2.51. The average molecular weight is 521 g/mol. The number of esters is 1. The van der Waals surface area contributed by atoms with Crippen molar-refractivity contribution < 1.29 is 19.1 Å². The molecule has 0 aliphatic heterocycles. The van der Waals surface area contributed by atoms with Crippen LogP contribution >= 0.6 is 0 Å². The van der Waals surface area contributed by atoms with Gasteiger partial charge in [0.1, 0.15) is 16.6 Å². The number of fused-ring (bicyclic) bond motifs is 1. The minimum atomic E-state index is -0.852. The predicted octanol–water partition coefficient (Wildman–Crippen LogP) is 5.64. The van der Waals surface area contributed by atoms with Crippen LogP contribution in [0.25, 0.3) is 22.0 Å². The van der Waals surface area contributed by atoms with Gasteiger partial charge >= 0.3 is 12.1 Å². The summed E-state index contributed by atoms with van der Waals surface area (Å²) in [6.07, 6.45) is 3.51. The highest BCUT2D eigenvalue weighted by atomic mass is 16.6. The smallest absolute Gasteiger partial charge is 0.435 e. The number of ether oxygens (including phenoxy) is 2. The number of hydrogen-bond acceptors (Lipinski definition) is 7. The molecule has 8 nitrogen and oxygen atoms in total. The van der Waals surface area contributed by atoms with Crippen molar-refractivity contribution in [1.29, 1.82) is 0 Å². The van der Waals surface area contributed by atoms with Crippen molar-refractivity contribution in [2.24, 2.45) is 5.73 Å². The van der Waals surface area contributed by atoms with Gasteiger partial charge < -0.3 is 20.1 Å². The third-order valence-electron chi connectivity index (χ3n) is 6.93. The van der Waals surface area contributed by atoms with E-state index in [0.717, 1.165) is 40.6 Å². The molecule has 4 rings (SSSR count). The lowest BCUT2D eigenvalue weighted by molar-refractivity contribution is -0.162. The first-order valence-electron chi connectivity index (χ1n) is 13.2. The van der Waals surface area contributed by atoms with Gasteiger partial charge in [-0.3, -0.25) is 4.79 Å². The minimum absolute atomic E-state index is 0.257. The van der Waals surface area contributed by atoms with Gasteiger partial charge in [-0.15, -0.1) is 0 Å². The molecular formula is C30H40N4O4. The molecule has 0 saturated heterocycles. The van der Waals surface area contributed by atoms with E-state index in [1.807, 2.05) is 96.9 Å². The first-order valence-corrected chi connectivity index (χ1v) is 13.2. The predicted molar refractivity (Wildman–Crippen MR) is 150 cm³/mol. The molecule has 2 aromatic carbocycles. The number of aromatic nitrogens is 2. The van der Waals surface area contributed by atoms with Gasteiger partial charge in [-0.1, -0.05) is 36.8 Å². The highest BCUT2D eigenvalue weighted by molar-refractivity contribution is 6.02. The van der Waals surface area contributed by atoms with Crippen molar-refractivity contribution in [2.45, 2.75) is 83.5 Å². The van der Waals surface area contributed by atoms with Gasteiger partial charge in [0, 0.05) is 31.1 Å².